The molecular formula is C20H20N4O2. The first-order valence-electron chi connectivity index (χ1n) is 8.30. The number of methoxy groups -OCH3 is 1. The van der Waals surface area contributed by atoms with Gasteiger partial charge in [-0.2, -0.15) is 0 Å². The highest BCUT2D eigenvalue weighted by molar-refractivity contribution is 5.89. The first kappa shape index (κ1) is 17.4. The Balaban J connectivity index is 1.57. The molecule has 2 N–H and O–H groups in total. The first-order chi connectivity index (χ1) is 12.7. The zero-order valence-electron chi connectivity index (χ0n) is 14.5. The fourth-order valence-electron chi connectivity index (χ4n) is 2.46. The largest absolute Gasteiger partial charge is 0.465 e. The summed E-state index contributed by atoms with van der Waals surface area (Å²) in [5.74, 6) is 1.07. The van der Waals surface area contributed by atoms with Crippen molar-refractivity contribution in [2.24, 2.45) is 0 Å². The van der Waals surface area contributed by atoms with Crippen LogP contribution in [0.4, 0.5) is 17.3 Å². The molecule has 0 saturated carbocycles. The Morgan fingerprint density at radius 1 is 1.00 bits per heavy atom. The molecule has 0 unspecified atom stereocenters. The number of hydrogen-bond donors (Lipinski definition) is 2. The van der Waals surface area contributed by atoms with Crippen LogP contribution in [0.1, 0.15) is 15.9 Å². The molecule has 6 nitrogen and oxygen atoms in total. The van der Waals surface area contributed by atoms with Crippen molar-refractivity contribution in [2.75, 3.05) is 24.3 Å². The number of rotatable bonds is 7. The number of benzene rings is 2. The Kier molecular flexibility index (Phi) is 5.77. The van der Waals surface area contributed by atoms with E-state index in [1.54, 1.807) is 24.3 Å². The van der Waals surface area contributed by atoms with Gasteiger partial charge in [0.25, 0.3) is 0 Å². The van der Waals surface area contributed by atoms with Crippen LogP contribution in [0.2, 0.25) is 0 Å². The van der Waals surface area contributed by atoms with Crippen molar-refractivity contribution < 1.29 is 9.53 Å². The average molecular weight is 348 g/mol. The van der Waals surface area contributed by atoms with E-state index in [2.05, 4.69) is 32.7 Å². The fourth-order valence-corrected chi connectivity index (χ4v) is 2.46. The molecule has 0 bridgehead atoms. The molecule has 132 valence electrons. The van der Waals surface area contributed by atoms with Crippen molar-refractivity contribution in [3.05, 3.63) is 78.1 Å². The third-order valence-corrected chi connectivity index (χ3v) is 3.81. The van der Waals surface area contributed by atoms with Gasteiger partial charge in [0, 0.05) is 18.3 Å². The second-order valence-corrected chi connectivity index (χ2v) is 5.64. The summed E-state index contributed by atoms with van der Waals surface area (Å²) >= 11 is 0. The molecule has 6 heteroatoms. The van der Waals surface area contributed by atoms with Gasteiger partial charge >= 0.3 is 5.97 Å². The second kappa shape index (κ2) is 8.62. The maximum Gasteiger partial charge on any atom is 0.337 e. The highest BCUT2D eigenvalue weighted by Gasteiger charge is 2.05. The summed E-state index contributed by atoms with van der Waals surface area (Å²) < 4.78 is 4.69. The van der Waals surface area contributed by atoms with Crippen molar-refractivity contribution >= 4 is 23.3 Å². The number of ether oxygens (including phenoxy) is 1. The molecule has 0 fully saturated rings. The molecule has 0 spiro atoms. The van der Waals surface area contributed by atoms with E-state index in [1.807, 2.05) is 24.3 Å². The SMILES string of the molecule is COC(=O)c1ccc(Nc2cc(NCCc3ccccc3)ncn2)cc1. The van der Waals surface area contributed by atoms with Gasteiger partial charge in [0.15, 0.2) is 0 Å². The van der Waals surface area contributed by atoms with E-state index in [0.29, 0.717) is 11.4 Å². The molecule has 0 atom stereocenters. The fraction of sp³-hybridized carbons (Fsp3) is 0.150. The van der Waals surface area contributed by atoms with Crippen LogP contribution >= 0.6 is 0 Å². The number of nitrogens with one attached hydrogen (secondary N) is 2. The number of carbonyl (C=O) groups is 1. The van der Waals surface area contributed by atoms with Crippen LogP contribution in [0.5, 0.6) is 0 Å². The third-order valence-electron chi connectivity index (χ3n) is 3.81. The summed E-state index contributed by atoms with van der Waals surface area (Å²) in [4.78, 5) is 19.9. The average Bonchev–Trinajstić information content (AvgIpc) is 2.69. The first-order valence-corrected chi connectivity index (χ1v) is 8.30. The van der Waals surface area contributed by atoms with Gasteiger partial charge in [-0.1, -0.05) is 30.3 Å². The minimum Gasteiger partial charge on any atom is -0.465 e. The van der Waals surface area contributed by atoms with Gasteiger partial charge in [-0.05, 0) is 36.2 Å². The van der Waals surface area contributed by atoms with E-state index < -0.39 is 0 Å². The quantitative estimate of drug-likeness (QED) is 0.635. The van der Waals surface area contributed by atoms with Gasteiger partial charge in [-0.25, -0.2) is 14.8 Å². The Morgan fingerprint density at radius 2 is 1.73 bits per heavy atom. The minimum absolute atomic E-state index is 0.358. The molecule has 0 aliphatic rings. The van der Waals surface area contributed by atoms with Gasteiger partial charge in [-0.15, -0.1) is 0 Å². The summed E-state index contributed by atoms with van der Waals surface area (Å²) in [5.41, 5.74) is 2.61. The van der Waals surface area contributed by atoms with Crippen molar-refractivity contribution in [3.8, 4) is 0 Å². The molecular weight excluding hydrogens is 328 g/mol. The van der Waals surface area contributed by atoms with Crippen LogP contribution < -0.4 is 10.6 Å². The Bertz CT molecular complexity index is 851. The van der Waals surface area contributed by atoms with Crippen LogP contribution in [0.3, 0.4) is 0 Å². The number of nitrogens with zero attached hydrogens (tertiary/aromatic N) is 2. The maximum atomic E-state index is 11.5. The topological polar surface area (TPSA) is 76.1 Å². The molecule has 0 amide bonds. The van der Waals surface area contributed by atoms with Crippen molar-refractivity contribution in [1.82, 2.24) is 9.97 Å². The normalized spacial score (nSPS) is 10.2. The molecule has 0 aliphatic heterocycles. The highest BCUT2D eigenvalue weighted by Crippen LogP contribution is 2.17. The van der Waals surface area contributed by atoms with Crippen LogP contribution in [-0.4, -0.2) is 29.6 Å². The molecule has 3 rings (SSSR count). The number of anilines is 3. The standard InChI is InChI=1S/C20H20N4O2/c1-26-20(25)16-7-9-17(10-8-16)24-19-13-18(22-14-23-19)21-12-11-15-5-3-2-4-6-15/h2-10,13-14H,11-12H2,1H3,(H2,21,22,23,24). The lowest BCUT2D eigenvalue weighted by molar-refractivity contribution is 0.0601. The van der Waals surface area contributed by atoms with Crippen molar-refractivity contribution in [2.45, 2.75) is 6.42 Å². The number of carbonyl (C=O) groups excluding carboxylic acids is 1. The Morgan fingerprint density at radius 3 is 2.46 bits per heavy atom. The molecule has 1 heterocycles. The second-order valence-electron chi connectivity index (χ2n) is 5.64. The lowest BCUT2D eigenvalue weighted by atomic mass is 10.1. The lowest BCUT2D eigenvalue weighted by Crippen LogP contribution is -2.07. The van der Waals surface area contributed by atoms with Crippen LogP contribution in [0.15, 0.2) is 67.0 Å². The molecule has 1 aromatic heterocycles. The van der Waals surface area contributed by atoms with Crippen LogP contribution in [-0.2, 0) is 11.2 Å². The van der Waals surface area contributed by atoms with Gasteiger partial charge in [0.05, 0.1) is 12.7 Å². The maximum absolute atomic E-state index is 11.5. The molecule has 2 aromatic carbocycles. The van der Waals surface area contributed by atoms with Crippen LogP contribution in [0.25, 0.3) is 0 Å². The Hall–Kier alpha value is -3.41. The number of aromatic nitrogens is 2. The summed E-state index contributed by atoms with van der Waals surface area (Å²) in [5, 5.41) is 6.49. The van der Waals surface area contributed by atoms with Gasteiger partial charge in [0.2, 0.25) is 0 Å². The van der Waals surface area contributed by atoms with Gasteiger partial charge in [-0.3, -0.25) is 0 Å². The monoisotopic (exact) mass is 348 g/mol. The van der Waals surface area contributed by atoms with E-state index in [4.69, 9.17) is 4.74 Å². The van der Waals surface area contributed by atoms with E-state index in [9.17, 15) is 4.79 Å². The molecule has 0 saturated heterocycles. The van der Waals surface area contributed by atoms with E-state index in [0.717, 1.165) is 24.5 Å². The van der Waals surface area contributed by atoms with Gasteiger partial charge < -0.3 is 15.4 Å². The molecule has 0 radical (unpaired) electrons. The summed E-state index contributed by atoms with van der Waals surface area (Å²) in [6.07, 6.45) is 2.43. The van der Waals surface area contributed by atoms with E-state index in [-0.39, 0.29) is 5.97 Å². The smallest absolute Gasteiger partial charge is 0.337 e. The van der Waals surface area contributed by atoms with Crippen LogP contribution in [0, 0.1) is 0 Å². The van der Waals surface area contributed by atoms with E-state index in [1.165, 1.54) is 19.0 Å². The molecule has 0 aliphatic carbocycles. The lowest BCUT2D eigenvalue weighted by Gasteiger charge is -2.09. The summed E-state index contributed by atoms with van der Waals surface area (Å²) in [6, 6.07) is 19.1. The summed E-state index contributed by atoms with van der Waals surface area (Å²) in [7, 11) is 1.36. The predicted molar refractivity (Wildman–Crippen MR) is 102 cm³/mol. The summed E-state index contributed by atoms with van der Waals surface area (Å²) in [6.45, 7) is 0.786. The zero-order chi connectivity index (χ0) is 18.2. The van der Waals surface area contributed by atoms with Crippen molar-refractivity contribution in [3.63, 3.8) is 0 Å². The van der Waals surface area contributed by atoms with Crippen molar-refractivity contribution in [1.29, 1.82) is 0 Å². The highest BCUT2D eigenvalue weighted by atomic mass is 16.5. The third kappa shape index (κ3) is 4.80. The predicted octanol–water partition coefficient (Wildman–Crippen LogP) is 3.66. The van der Waals surface area contributed by atoms with E-state index >= 15 is 0 Å². The van der Waals surface area contributed by atoms with Gasteiger partial charge in [0.1, 0.15) is 18.0 Å². The molecule has 26 heavy (non-hydrogen) atoms. The molecule has 3 aromatic rings. The number of esters is 1. The number of hydrogen-bond acceptors (Lipinski definition) is 6. The Labute approximate surface area is 152 Å². The minimum atomic E-state index is -0.358. The zero-order valence-corrected chi connectivity index (χ0v) is 14.5.